The summed E-state index contributed by atoms with van der Waals surface area (Å²) in [5.74, 6) is 0.838. The predicted octanol–water partition coefficient (Wildman–Crippen LogP) is 7.68. The molecule has 7 heteroatoms. The number of fused-ring (bicyclic) bond motifs is 1. The van der Waals surface area contributed by atoms with Gasteiger partial charge in [-0.15, -0.1) is 0 Å². The molecule has 0 saturated heterocycles. The van der Waals surface area contributed by atoms with E-state index in [1.807, 2.05) is 48.5 Å². The Labute approximate surface area is 232 Å². The highest BCUT2D eigenvalue weighted by Gasteiger charge is 2.36. The van der Waals surface area contributed by atoms with E-state index in [4.69, 9.17) is 9.47 Å². The van der Waals surface area contributed by atoms with Gasteiger partial charge < -0.3 is 14.4 Å². The highest BCUT2D eigenvalue weighted by Crippen LogP contribution is 2.44. The van der Waals surface area contributed by atoms with Gasteiger partial charge in [0, 0.05) is 18.0 Å². The fourth-order valence-electron chi connectivity index (χ4n) is 5.55. The van der Waals surface area contributed by atoms with Gasteiger partial charge in [0.1, 0.15) is 0 Å². The van der Waals surface area contributed by atoms with Crippen molar-refractivity contribution in [3.8, 4) is 11.5 Å². The van der Waals surface area contributed by atoms with Crippen LogP contribution in [0.5, 0.6) is 11.5 Å². The molecule has 0 bridgehead atoms. The van der Waals surface area contributed by atoms with Crippen LogP contribution in [-0.2, 0) is 12.6 Å². The molecule has 0 fully saturated rings. The summed E-state index contributed by atoms with van der Waals surface area (Å²) in [4.78, 5) is 15.7. The molecule has 4 nitrogen and oxygen atoms in total. The number of methoxy groups -OCH3 is 2. The average molecular weight is 546 g/mol. The number of benzene rings is 4. The maximum absolute atomic E-state index is 13.9. The lowest BCUT2D eigenvalue weighted by atomic mass is 9.80. The van der Waals surface area contributed by atoms with Crippen molar-refractivity contribution >= 4 is 5.91 Å². The maximum atomic E-state index is 13.9. The number of amides is 1. The Hall–Kier alpha value is -4.26. The third-order valence-corrected chi connectivity index (χ3v) is 7.59. The summed E-state index contributed by atoms with van der Waals surface area (Å²) in [6.07, 6.45) is -3.31. The smallest absolute Gasteiger partial charge is 0.416 e. The molecule has 1 unspecified atom stereocenters. The van der Waals surface area contributed by atoms with Gasteiger partial charge in [0.2, 0.25) is 0 Å². The van der Waals surface area contributed by atoms with Crippen molar-refractivity contribution < 1.29 is 27.4 Å². The fourth-order valence-corrected chi connectivity index (χ4v) is 5.55. The normalized spacial score (nSPS) is 15.1. The van der Waals surface area contributed by atoms with Crippen LogP contribution in [0, 0.1) is 0 Å². The Balaban J connectivity index is 1.60. The number of nitrogens with zero attached hydrogens (tertiary/aromatic N) is 1. The molecule has 40 heavy (non-hydrogen) atoms. The molecule has 4 aromatic carbocycles. The average Bonchev–Trinajstić information content (AvgIpc) is 2.99. The zero-order chi connectivity index (χ0) is 28.3. The molecule has 206 valence electrons. The van der Waals surface area contributed by atoms with Crippen molar-refractivity contribution in [2.24, 2.45) is 0 Å². The molecule has 1 atom stereocenters. The van der Waals surface area contributed by atoms with Crippen molar-refractivity contribution in [3.05, 3.63) is 130 Å². The molecule has 0 saturated carbocycles. The van der Waals surface area contributed by atoms with E-state index < -0.39 is 11.7 Å². The standard InChI is InChI=1S/C33H30F3NO3/c1-39-30-19-25-17-18-37(32(38)24-13-15-26(16-14-24)33(34,35)36)29(28(25)21-31(30)40-2)20-27(22-9-5-3-6-10-22)23-11-7-4-8-12-23/h3-16,19,21,27,29H,17-18,20H2,1-2H3. The van der Waals surface area contributed by atoms with Crippen LogP contribution in [0.2, 0.25) is 0 Å². The zero-order valence-corrected chi connectivity index (χ0v) is 22.3. The summed E-state index contributed by atoms with van der Waals surface area (Å²) in [6.45, 7) is 0.420. The Morgan fingerprint density at radius 1 is 0.850 bits per heavy atom. The number of carbonyl (C=O) groups excluding carboxylic acids is 1. The molecule has 1 heterocycles. The molecule has 0 radical (unpaired) electrons. The van der Waals surface area contributed by atoms with Crippen molar-refractivity contribution in [3.63, 3.8) is 0 Å². The molecule has 0 aliphatic carbocycles. The summed E-state index contributed by atoms with van der Waals surface area (Å²) < 4.78 is 50.7. The highest BCUT2D eigenvalue weighted by molar-refractivity contribution is 5.94. The molecule has 4 aromatic rings. The van der Waals surface area contributed by atoms with E-state index in [2.05, 4.69) is 24.3 Å². The fraction of sp³-hybridized carbons (Fsp3) is 0.242. The SMILES string of the molecule is COc1cc2c(cc1OC)C(CC(c1ccccc1)c1ccccc1)N(C(=O)c1ccc(C(F)(F)F)cc1)CC2. The van der Waals surface area contributed by atoms with Crippen LogP contribution < -0.4 is 9.47 Å². The Morgan fingerprint density at radius 3 is 1.93 bits per heavy atom. The van der Waals surface area contributed by atoms with Gasteiger partial charge in [0.05, 0.1) is 25.8 Å². The van der Waals surface area contributed by atoms with E-state index in [9.17, 15) is 18.0 Å². The second-order valence-corrected chi connectivity index (χ2v) is 9.86. The van der Waals surface area contributed by atoms with Gasteiger partial charge in [-0.1, -0.05) is 60.7 Å². The molecule has 0 spiro atoms. The summed E-state index contributed by atoms with van der Waals surface area (Å²) in [5, 5.41) is 0. The number of carbonyl (C=O) groups is 1. The van der Waals surface area contributed by atoms with Crippen molar-refractivity contribution in [1.29, 1.82) is 0 Å². The van der Waals surface area contributed by atoms with Crippen LogP contribution in [0.3, 0.4) is 0 Å². The quantitative estimate of drug-likeness (QED) is 0.239. The van der Waals surface area contributed by atoms with Crippen LogP contribution in [0.4, 0.5) is 13.2 Å². The Kier molecular flexibility index (Phi) is 7.83. The second kappa shape index (κ2) is 11.5. The van der Waals surface area contributed by atoms with E-state index >= 15 is 0 Å². The number of hydrogen-bond acceptors (Lipinski definition) is 3. The highest BCUT2D eigenvalue weighted by atomic mass is 19.4. The first-order valence-electron chi connectivity index (χ1n) is 13.1. The van der Waals surface area contributed by atoms with Gasteiger partial charge in [-0.3, -0.25) is 4.79 Å². The molecule has 1 aliphatic rings. The maximum Gasteiger partial charge on any atom is 0.416 e. The summed E-state index contributed by atoms with van der Waals surface area (Å²) in [5.41, 5.74) is 3.67. The van der Waals surface area contributed by atoms with Crippen LogP contribution in [0.15, 0.2) is 97.1 Å². The number of halogens is 3. The van der Waals surface area contributed by atoms with Crippen LogP contribution in [0.1, 0.15) is 56.6 Å². The predicted molar refractivity (Wildman–Crippen MR) is 148 cm³/mol. The van der Waals surface area contributed by atoms with Gasteiger partial charge in [-0.2, -0.15) is 13.2 Å². The number of hydrogen-bond donors (Lipinski definition) is 0. The first-order valence-corrected chi connectivity index (χ1v) is 13.1. The van der Waals surface area contributed by atoms with Gasteiger partial charge >= 0.3 is 6.18 Å². The van der Waals surface area contributed by atoms with Gasteiger partial charge in [0.15, 0.2) is 11.5 Å². The minimum atomic E-state index is -4.47. The number of alkyl halides is 3. The number of ether oxygens (including phenoxy) is 2. The third-order valence-electron chi connectivity index (χ3n) is 7.59. The van der Waals surface area contributed by atoms with E-state index in [-0.39, 0.29) is 23.4 Å². The largest absolute Gasteiger partial charge is 0.493 e. The van der Waals surface area contributed by atoms with Crippen LogP contribution in [-0.4, -0.2) is 31.6 Å². The van der Waals surface area contributed by atoms with Gasteiger partial charge in [0.25, 0.3) is 5.91 Å². The minimum Gasteiger partial charge on any atom is -0.493 e. The second-order valence-electron chi connectivity index (χ2n) is 9.86. The minimum absolute atomic E-state index is 0.0330. The lowest BCUT2D eigenvalue weighted by molar-refractivity contribution is -0.137. The summed E-state index contributed by atoms with van der Waals surface area (Å²) >= 11 is 0. The lowest BCUT2D eigenvalue weighted by Gasteiger charge is -2.40. The molecular formula is C33H30F3NO3. The zero-order valence-electron chi connectivity index (χ0n) is 22.3. The first-order chi connectivity index (χ1) is 19.3. The summed E-state index contributed by atoms with van der Waals surface area (Å²) in [7, 11) is 3.16. The molecular weight excluding hydrogens is 515 g/mol. The Morgan fingerprint density at radius 2 is 1.40 bits per heavy atom. The topological polar surface area (TPSA) is 38.8 Å². The van der Waals surface area contributed by atoms with Gasteiger partial charge in [-0.25, -0.2) is 0 Å². The van der Waals surface area contributed by atoms with Gasteiger partial charge in [-0.05, 0) is 71.5 Å². The van der Waals surface area contributed by atoms with Crippen molar-refractivity contribution in [1.82, 2.24) is 4.90 Å². The van der Waals surface area contributed by atoms with Crippen molar-refractivity contribution in [2.45, 2.75) is 31.0 Å². The molecule has 1 amide bonds. The molecule has 0 aromatic heterocycles. The number of rotatable bonds is 7. The third kappa shape index (κ3) is 5.55. The van der Waals surface area contributed by atoms with Crippen molar-refractivity contribution in [2.75, 3.05) is 20.8 Å². The lowest BCUT2D eigenvalue weighted by Crippen LogP contribution is -2.41. The monoisotopic (exact) mass is 545 g/mol. The van der Waals surface area contributed by atoms with E-state index in [1.165, 1.54) is 12.1 Å². The summed E-state index contributed by atoms with van der Waals surface area (Å²) in [6, 6.07) is 28.2. The van der Waals surface area contributed by atoms with E-state index in [1.54, 1.807) is 19.1 Å². The first kappa shape index (κ1) is 27.3. The Bertz CT molecular complexity index is 1420. The molecule has 5 rings (SSSR count). The van der Waals surface area contributed by atoms with E-state index in [0.29, 0.717) is 30.9 Å². The van der Waals surface area contributed by atoms with Crippen LogP contribution in [0.25, 0.3) is 0 Å². The van der Waals surface area contributed by atoms with Crippen LogP contribution >= 0.6 is 0 Å². The molecule has 0 N–H and O–H groups in total. The molecule has 1 aliphatic heterocycles. The van der Waals surface area contributed by atoms with E-state index in [0.717, 1.165) is 34.4 Å².